The number of aryl methyl sites for hydroxylation is 1. The Bertz CT molecular complexity index is 1000. The van der Waals surface area contributed by atoms with Gasteiger partial charge in [0.25, 0.3) is 0 Å². The van der Waals surface area contributed by atoms with Crippen LogP contribution < -0.4 is 4.57 Å². The molecule has 1 nitrogen and oxygen atoms in total. The van der Waals surface area contributed by atoms with Crippen LogP contribution in [0.2, 0.25) is 0 Å². The van der Waals surface area contributed by atoms with E-state index in [4.69, 9.17) is 0 Å². The van der Waals surface area contributed by atoms with E-state index >= 15 is 0 Å². The van der Waals surface area contributed by atoms with E-state index < -0.39 is 0 Å². The van der Waals surface area contributed by atoms with Crippen LogP contribution in [0.4, 0.5) is 0 Å². The van der Waals surface area contributed by atoms with E-state index in [2.05, 4.69) is 98.2 Å². The molecular weight excluding hydrogens is 350 g/mol. The van der Waals surface area contributed by atoms with Crippen molar-refractivity contribution in [2.75, 3.05) is 0 Å². The van der Waals surface area contributed by atoms with Crippen molar-refractivity contribution >= 4 is 0 Å². The maximum absolute atomic E-state index is 2.59. The molecule has 0 saturated carbocycles. The van der Waals surface area contributed by atoms with Gasteiger partial charge in [0, 0.05) is 16.7 Å². The molecule has 0 bridgehead atoms. The first-order valence-electron chi connectivity index (χ1n) is 11.4. The van der Waals surface area contributed by atoms with Crippen LogP contribution in [-0.2, 0) is 28.7 Å². The van der Waals surface area contributed by atoms with Crippen LogP contribution in [0.1, 0.15) is 103 Å². The highest BCUT2D eigenvalue weighted by Crippen LogP contribution is 2.57. The third kappa shape index (κ3) is 2.83. The quantitative estimate of drug-likeness (QED) is 0.472. The Kier molecular flexibility index (Phi) is 4.24. The minimum Gasteiger partial charge on any atom is -0.197 e. The van der Waals surface area contributed by atoms with Gasteiger partial charge in [0.15, 0.2) is 5.69 Å². The number of rotatable bonds is 1. The van der Waals surface area contributed by atoms with E-state index in [9.17, 15) is 0 Å². The van der Waals surface area contributed by atoms with Crippen LogP contribution >= 0.6 is 0 Å². The second-order valence-electron chi connectivity index (χ2n) is 12.4. The van der Waals surface area contributed by atoms with Gasteiger partial charge >= 0.3 is 0 Å². The van der Waals surface area contributed by atoms with Crippen LogP contribution in [0.15, 0.2) is 24.3 Å². The van der Waals surface area contributed by atoms with E-state index in [0.717, 1.165) is 0 Å². The fourth-order valence-electron chi connectivity index (χ4n) is 6.90. The molecule has 29 heavy (non-hydrogen) atoms. The number of hydrogen-bond acceptors (Lipinski definition) is 0. The van der Waals surface area contributed by atoms with Crippen molar-refractivity contribution in [3.63, 3.8) is 0 Å². The largest absolute Gasteiger partial charge is 0.216 e. The van der Waals surface area contributed by atoms with Crippen molar-refractivity contribution in [2.45, 2.75) is 103 Å². The van der Waals surface area contributed by atoms with Gasteiger partial charge in [-0.15, -0.1) is 0 Å². The van der Waals surface area contributed by atoms with Crippen LogP contribution in [-0.4, -0.2) is 0 Å². The summed E-state index contributed by atoms with van der Waals surface area (Å²) < 4.78 is 2.59. The maximum Gasteiger partial charge on any atom is 0.216 e. The van der Waals surface area contributed by atoms with Gasteiger partial charge in [-0.1, -0.05) is 59.7 Å². The van der Waals surface area contributed by atoms with Gasteiger partial charge in [0.1, 0.15) is 7.05 Å². The summed E-state index contributed by atoms with van der Waals surface area (Å²) in [5.74, 6) is 0. The topological polar surface area (TPSA) is 3.88 Å². The lowest BCUT2D eigenvalue weighted by Crippen LogP contribution is -2.48. The van der Waals surface area contributed by atoms with E-state index in [1.54, 1.807) is 22.4 Å². The summed E-state index contributed by atoms with van der Waals surface area (Å²) in [7, 11) is 2.34. The van der Waals surface area contributed by atoms with Crippen molar-refractivity contribution < 1.29 is 4.57 Å². The van der Waals surface area contributed by atoms with Crippen LogP contribution in [0, 0.1) is 6.92 Å². The van der Waals surface area contributed by atoms with Crippen molar-refractivity contribution in [3.8, 4) is 11.3 Å². The highest BCUT2D eigenvalue weighted by Gasteiger charge is 2.55. The highest BCUT2D eigenvalue weighted by molar-refractivity contribution is 5.70. The molecule has 0 saturated heterocycles. The molecule has 0 fully saturated rings. The summed E-state index contributed by atoms with van der Waals surface area (Å²) in [4.78, 5) is 0. The number of hydrogen-bond donors (Lipinski definition) is 0. The summed E-state index contributed by atoms with van der Waals surface area (Å²) in [6.45, 7) is 22.1. The van der Waals surface area contributed by atoms with Gasteiger partial charge in [-0.2, -0.15) is 4.57 Å². The Morgan fingerprint density at radius 3 is 1.83 bits per heavy atom. The lowest BCUT2D eigenvalue weighted by atomic mass is 9.59. The fraction of sp³-hybridized carbons (Fsp3) is 0.607. The summed E-state index contributed by atoms with van der Waals surface area (Å²) in [5.41, 5.74) is 11.5. The van der Waals surface area contributed by atoms with Crippen LogP contribution in [0.3, 0.4) is 0 Å². The molecule has 1 heterocycles. The first kappa shape index (κ1) is 20.6. The van der Waals surface area contributed by atoms with E-state index in [1.165, 1.54) is 36.1 Å². The second kappa shape index (κ2) is 5.96. The zero-order chi connectivity index (χ0) is 21.6. The SMILES string of the molecule is Cc1ccccc1-c1c2c(c3c([n+]1C)C(C)(C)CC3(C)C)C(C)(C)CCC2(C)C. The molecule has 1 heteroatoms. The van der Waals surface area contributed by atoms with Gasteiger partial charge < -0.3 is 0 Å². The zero-order valence-electron chi connectivity index (χ0n) is 20.4. The van der Waals surface area contributed by atoms with E-state index in [0.29, 0.717) is 0 Å². The first-order valence-corrected chi connectivity index (χ1v) is 11.4. The van der Waals surface area contributed by atoms with E-state index in [-0.39, 0.29) is 21.7 Å². The number of benzene rings is 1. The number of aromatic nitrogens is 1. The van der Waals surface area contributed by atoms with Crippen molar-refractivity contribution in [2.24, 2.45) is 7.05 Å². The maximum atomic E-state index is 2.59. The molecule has 0 unspecified atom stereocenters. The lowest BCUT2D eigenvalue weighted by Gasteiger charge is -2.44. The molecule has 0 atom stereocenters. The molecule has 0 N–H and O–H groups in total. The molecule has 156 valence electrons. The van der Waals surface area contributed by atoms with Crippen LogP contribution in [0.5, 0.6) is 0 Å². The third-order valence-electron chi connectivity index (χ3n) is 7.97. The van der Waals surface area contributed by atoms with Gasteiger partial charge in [-0.3, -0.25) is 0 Å². The summed E-state index contributed by atoms with van der Waals surface area (Å²) in [6.07, 6.45) is 3.72. The van der Waals surface area contributed by atoms with Crippen molar-refractivity contribution in [1.82, 2.24) is 0 Å². The lowest BCUT2D eigenvalue weighted by molar-refractivity contribution is -0.672. The fourth-order valence-corrected chi connectivity index (χ4v) is 6.90. The predicted octanol–water partition coefficient (Wildman–Crippen LogP) is 6.79. The van der Waals surface area contributed by atoms with E-state index in [1.807, 2.05) is 0 Å². The summed E-state index contributed by atoms with van der Waals surface area (Å²) >= 11 is 0. The number of fused-ring (bicyclic) bond motifs is 3. The molecule has 2 aliphatic carbocycles. The van der Waals surface area contributed by atoms with Crippen LogP contribution in [0.25, 0.3) is 11.3 Å². The standard InChI is InChI=1S/C28H40N/c1-18-13-11-12-14-19(18)23-21-20(25(2,3)15-16-26(21,4)5)22-24(29(23)10)28(8,9)17-27(22,6)7/h11-14H,15-17H2,1-10H3/q+1. The average molecular weight is 391 g/mol. The molecule has 0 amide bonds. The summed E-state index contributed by atoms with van der Waals surface area (Å²) in [6, 6.07) is 8.98. The molecule has 2 aromatic rings. The highest BCUT2D eigenvalue weighted by atomic mass is 15.0. The summed E-state index contributed by atoms with van der Waals surface area (Å²) in [5, 5.41) is 0. The molecule has 1 aromatic carbocycles. The third-order valence-corrected chi connectivity index (χ3v) is 7.97. The Morgan fingerprint density at radius 2 is 1.24 bits per heavy atom. The number of nitrogens with zero attached hydrogens (tertiary/aromatic N) is 1. The Hall–Kier alpha value is -1.63. The molecule has 0 spiro atoms. The van der Waals surface area contributed by atoms with Gasteiger partial charge in [0.05, 0.1) is 5.41 Å². The van der Waals surface area contributed by atoms with Crippen molar-refractivity contribution in [1.29, 1.82) is 0 Å². The average Bonchev–Trinajstić information content (AvgIpc) is 2.77. The predicted molar refractivity (Wildman–Crippen MR) is 124 cm³/mol. The second-order valence-corrected chi connectivity index (χ2v) is 12.4. The molecule has 0 radical (unpaired) electrons. The van der Waals surface area contributed by atoms with Gasteiger partial charge in [-0.25, -0.2) is 0 Å². The van der Waals surface area contributed by atoms with Gasteiger partial charge in [-0.05, 0) is 73.5 Å². The molecule has 1 aromatic heterocycles. The minimum absolute atomic E-state index is 0.178. The molecule has 2 aliphatic rings. The Balaban J connectivity index is 2.28. The monoisotopic (exact) mass is 390 g/mol. The smallest absolute Gasteiger partial charge is 0.197 e. The molecule has 0 aliphatic heterocycles. The Morgan fingerprint density at radius 1 is 0.690 bits per heavy atom. The number of pyridine rings is 1. The minimum atomic E-state index is 0.178. The Labute approximate surface area is 178 Å². The molecule has 4 rings (SSSR count). The normalized spacial score (nSPS) is 22.8. The first-order chi connectivity index (χ1) is 13.2. The molecular formula is C28H40N+. The zero-order valence-corrected chi connectivity index (χ0v) is 20.4. The van der Waals surface area contributed by atoms with Gasteiger partial charge in [0.2, 0.25) is 5.69 Å². The van der Waals surface area contributed by atoms with Crippen molar-refractivity contribution in [3.05, 3.63) is 52.2 Å².